The summed E-state index contributed by atoms with van der Waals surface area (Å²) in [5.74, 6) is 0. The predicted octanol–water partition coefficient (Wildman–Crippen LogP) is 5.12. The molecular weight excluding hydrogens is 365 g/mol. The maximum Gasteiger partial charge on any atom is 0.0726 e. The first-order valence-corrected chi connectivity index (χ1v) is 7.03. The van der Waals surface area contributed by atoms with E-state index in [2.05, 4.69) is 36.8 Å². The Kier molecular flexibility index (Phi) is 3.87. The number of rotatable bonds is 1. The normalized spacial score (nSPS) is 16.1. The smallest absolute Gasteiger partial charge is 0.0726 e. The molecule has 0 atom stereocenters. The summed E-state index contributed by atoms with van der Waals surface area (Å²) in [5, 5.41) is 1.30. The molecule has 0 radical (unpaired) electrons. The summed E-state index contributed by atoms with van der Waals surface area (Å²) in [6.07, 6.45) is 2.47. The lowest BCUT2D eigenvalue weighted by molar-refractivity contribution is 0.949. The third kappa shape index (κ3) is 2.31. The zero-order valence-corrected chi connectivity index (χ0v) is 12.5. The van der Waals surface area contributed by atoms with E-state index >= 15 is 0 Å². The molecule has 0 unspecified atom stereocenters. The van der Waals surface area contributed by atoms with E-state index < -0.39 is 0 Å². The molecule has 0 spiro atoms. The summed E-state index contributed by atoms with van der Waals surface area (Å²) in [7, 11) is 0. The molecule has 1 fully saturated rings. The fourth-order valence-corrected chi connectivity index (χ4v) is 3.34. The summed E-state index contributed by atoms with van der Waals surface area (Å²) in [6, 6.07) is 1.95. The topological polar surface area (TPSA) is 3.24 Å². The first kappa shape index (κ1) is 12.0. The molecule has 2 rings (SSSR count). The Hall–Kier alpha value is 0.560. The highest BCUT2D eigenvalue weighted by Crippen LogP contribution is 2.43. The van der Waals surface area contributed by atoms with Gasteiger partial charge in [-0.1, -0.05) is 23.2 Å². The van der Waals surface area contributed by atoms with Crippen LogP contribution in [0.15, 0.2) is 15.0 Å². The van der Waals surface area contributed by atoms with Gasteiger partial charge in [0.2, 0.25) is 0 Å². The minimum absolute atomic E-state index is 0.643. The lowest BCUT2D eigenvalue weighted by atomic mass is 10.3. The zero-order chi connectivity index (χ0) is 11.0. The Balaban J connectivity index is 2.47. The van der Waals surface area contributed by atoms with Gasteiger partial charge in [0.1, 0.15) is 0 Å². The van der Waals surface area contributed by atoms with Crippen molar-refractivity contribution in [2.24, 2.45) is 0 Å². The fraction of sp³-hybridized carbons (Fsp3) is 0.400. The van der Waals surface area contributed by atoms with Gasteiger partial charge in [0.05, 0.1) is 24.7 Å². The van der Waals surface area contributed by atoms with E-state index in [0.29, 0.717) is 10.0 Å². The van der Waals surface area contributed by atoms with Crippen molar-refractivity contribution in [3.05, 3.63) is 25.1 Å². The highest BCUT2D eigenvalue weighted by molar-refractivity contribution is 9.11. The molecule has 1 aromatic rings. The number of nitrogens with zero attached hydrogens (tertiary/aromatic N) is 1. The van der Waals surface area contributed by atoms with Crippen molar-refractivity contribution in [3.8, 4) is 0 Å². The molecule has 0 aromatic heterocycles. The summed E-state index contributed by atoms with van der Waals surface area (Å²) in [6.45, 7) is 2.15. The number of hydrogen-bond donors (Lipinski definition) is 0. The van der Waals surface area contributed by atoms with Crippen LogP contribution in [0.1, 0.15) is 12.8 Å². The summed E-state index contributed by atoms with van der Waals surface area (Å²) in [5.41, 5.74) is 1.09. The molecule has 1 nitrogen and oxygen atoms in total. The van der Waals surface area contributed by atoms with Crippen LogP contribution in [0, 0.1) is 0 Å². The molecule has 5 heteroatoms. The van der Waals surface area contributed by atoms with Gasteiger partial charge in [0, 0.05) is 13.1 Å². The van der Waals surface area contributed by atoms with Crippen molar-refractivity contribution >= 4 is 60.7 Å². The summed E-state index contributed by atoms with van der Waals surface area (Å²) >= 11 is 19.1. The van der Waals surface area contributed by atoms with E-state index in [1.807, 2.05) is 6.07 Å². The Morgan fingerprint density at radius 3 is 2.27 bits per heavy atom. The van der Waals surface area contributed by atoms with E-state index in [4.69, 9.17) is 23.2 Å². The summed E-state index contributed by atoms with van der Waals surface area (Å²) < 4.78 is 1.67. The predicted molar refractivity (Wildman–Crippen MR) is 73.3 cm³/mol. The molecule has 0 bridgehead atoms. The standard InChI is InChI=1S/C10H9Br2Cl2N/c11-8-6(13)5-7(9(12)10(8)14)15-3-1-2-4-15/h5H,1-4H2. The van der Waals surface area contributed by atoms with Gasteiger partial charge < -0.3 is 4.90 Å². The minimum Gasteiger partial charge on any atom is -0.371 e. The average molecular weight is 374 g/mol. The van der Waals surface area contributed by atoms with Gasteiger partial charge in [0.25, 0.3) is 0 Å². The van der Waals surface area contributed by atoms with Crippen molar-refractivity contribution in [1.82, 2.24) is 0 Å². The van der Waals surface area contributed by atoms with Crippen LogP contribution < -0.4 is 4.90 Å². The molecule has 15 heavy (non-hydrogen) atoms. The Morgan fingerprint density at radius 2 is 1.67 bits per heavy atom. The van der Waals surface area contributed by atoms with Gasteiger partial charge >= 0.3 is 0 Å². The molecule has 1 aliphatic rings. The van der Waals surface area contributed by atoms with Crippen LogP contribution in [0.5, 0.6) is 0 Å². The summed E-state index contributed by atoms with van der Waals surface area (Å²) in [4.78, 5) is 2.30. The average Bonchev–Trinajstić information content (AvgIpc) is 2.73. The van der Waals surface area contributed by atoms with Gasteiger partial charge in [-0.3, -0.25) is 0 Å². The molecule has 1 heterocycles. The highest BCUT2D eigenvalue weighted by Gasteiger charge is 2.19. The Labute approximate surface area is 116 Å². The highest BCUT2D eigenvalue weighted by atomic mass is 79.9. The molecule has 1 aliphatic heterocycles. The van der Waals surface area contributed by atoms with Gasteiger partial charge in [-0.2, -0.15) is 0 Å². The van der Waals surface area contributed by atoms with Crippen molar-refractivity contribution in [2.45, 2.75) is 12.8 Å². The van der Waals surface area contributed by atoms with E-state index in [0.717, 1.165) is 27.7 Å². The lowest BCUT2D eigenvalue weighted by Crippen LogP contribution is -2.18. The monoisotopic (exact) mass is 371 g/mol. The number of benzene rings is 1. The van der Waals surface area contributed by atoms with Crippen molar-refractivity contribution in [3.63, 3.8) is 0 Å². The number of anilines is 1. The third-order valence-corrected chi connectivity index (χ3v) is 5.52. The van der Waals surface area contributed by atoms with Crippen LogP contribution in [-0.2, 0) is 0 Å². The second kappa shape index (κ2) is 4.82. The lowest BCUT2D eigenvalue weighted by Gasteiger charge is -2.20. The van der Waals surface area contributed by atoms with Crippen LogP contribution in [0.4, 0.5) is 5.69 Å². The second-order valence-corrected chi connectivity index (χ2v) is 5.88. The molecule has 1 saturated heterocycles. The quantitative estimate of drug-likeness (QED) is 0.488. The molecule has 0 aliphatic carbocycles. The minimum atomic E-state index is 0.643. The molecular formula is C10H9Br2Cl2N. The molecule has 0 N–H and O–H groups in total. The van der Waals surface area contributed by atoms with Gasteiger partial charge in [0.15, 0.2) is 0 Å². The first-order chi connectivity index (χ1) is 7.11. The van der Waals surface area contributed by atoms with Gasteiger partial charge in [-0.05, 0) is 50.8 Å². The zero-order valence-electron chi connectivity index (χ0n) is 7.86. The Morgan fingerprint density at radius 1 is 1.07 bits per heavy atom. The van der Waals surface area contributed by atoms with Crippen molar-refractivity contribution < 1.29 is 0 Å². The maximum absolute atomic E-state index is 6.16. The van der Waals surface area contributed by atoms with Gasteiger partial charge in [-0.25, -0.2) is 0 Å². The van der Waals surface area contributed by atoms with Crippen molar-refractivity contribution in [2.75, 3.05) is 18.0 Å². The number of hydrogen-bond acceptors (Lipinski definition) is 1. The largest absolute Gasteiger partial charge is 0.371 e. The van der Waals surface area contributed by atoms with E-state index in [9.17, 15) is 0 Å². The third-order valence-electron chi connectivity index (χ3n) is 2.53. The number of halogens is 4. The second-order valence-electron chi connectivity index (χ2n) is 3.51. The van der Waals surface area contributed by atoms with Crippen LogP contribution in [0.25, 0.3) is 0 Å². The van der Waals surface area contributed by atoms with E-state index in [1.54, 1.807) is 0 Å². The fourth-order valence-electron chi connectivity index (χ4n) is 1.75. The van der Waals surface area contributed by atoms with Crippen LogP contribution in [0.2, 0.25) is 10.0 Å². The first-order valence-electron chi connectivity index (χ1n) is 4.69. The molecule has 1 aromatic carbocycles. The van der Waals surface area contributed by atoms with Crippen LogP contribution >= 0.6 is 55.1 Å². The maximum atomic E-state index is 6.16. The van der Waals surface area contributed by atoms with Crippen LogP contribution in [0.3, 0.4) is 0 Å². The van der Waals surface area contributed by atoms with Crippen molar-refractivity contribution in [1.29, 1.82) is 0 Å². The van der Waals surface area contributed by atoms with E-state index in [-0.39, 0.29) is 0 Å². The molecule has 0 saturated carbocycles. The van der Waals surface area contributed by atoms with E-state index in [1.165, 1.54) is 12.8 Å². The SMILES string of the molecule is Clc1cc(N2CCCC2)c(Br)c(Cl)c1Br. The Bertz CT molecular complexity index is 389. The molecule has 0 amide bonds. The van der Waals surface area contributed by atoms with Gasteiger partial charge in [-0.15, -0.1) is 0 Å². The molecule has 82 valence electrons. The van der Waals surface area contributed by atoms with Crippen LogP contribution in [-0.4, -0.2) is 13.1 Å².